The monoisotopic (exact) mass is 1380 g/mol. The zero-order valence-corrected chi connectivity index (χ0v) is 63.1. The van der Waals surface area contributed by atoms with E-state index in [1.807, 2.05) is 0 Å². The van der Waals surface area contributed by atoms with Crippen LogP contribution in [0.15, 0.2) is 0 Å². The van der Waals surface area contributed by atoms with Gasteiger partial charge in [-0.15, -0.1) is 0 Å². The van der Waals surface area contributed by atoms with Gasteiger partial charge in [0, 0.05) is 25.7 Å². The molecule has 558 valence electrons. The van der Waals surface area contributed by atoms with Crippen LogP contribution in [0.3, 0.4) is 0 Å². The predicted octanol–water partition coefficient (Wildman–Crippen LogP) is 21.9. The van der Waals surface area contributed by atoms with Crippen LogP contribution in [0.25, 0.3) is 0 Å². The molecule has 0 spiro atoms. The van der Waals surface area contributed by atoms with Gasteiger partial charge in [-0.1, -0.05) is 337 Å². The number of carbonyl (C=O) groups excluding carboxylic acids is 4. The second kappa shape index (κ2) is 66.9. The Morgan fingerprint density at radius 2 is 0.489 bits per heavy atom. The maximum absolute atomic E-state index is 13.1. The van der Waals surface area contributed by atoms with Crippen molar-refractivity contribution in [2.24, 2.45) is 11.8 Å². The van der Waals surface area contributed by atoms with Gasteiger partial charge in [-0.25, -0.2) is 9.13 Å². The van der Waals surface area contributed by atoms with Crippen LogP contribution in [-0.2, 0) is 65.4 Å². The van der Waals surface area contributed by atoms with Crippen molar-refractivity contribution < 1.29 is 80.2 Å². The van der Waals surface area contributed by atoms with Crippen molar-refractivity contribution in [3.8, 4) is 0 Å². The highest BCUT2D eigenvalue weighted by molar-refractivity contribution is 7.47. The molecular weight excluding hydrogens is 1230 g/mol. The van der Waals surface area contributed by atoms with Crippen LogP contribution < -0.4 is 0 Å². The number of carbonyl (C=O) groups is 4. The van der Waals surface area contributed by atoms with Crippen molar-refractivity contribution >= 4 is 39.5 Å². The second-order valence-corrected chi connectivity index (χ2v) is 30.9. The van der Waals surface area contributed by atoms with E-state index >= 15 is 0 Å². The Morgan fingerprint density at radius 3 is 0.723 bits per heavy atom. The van der Waals surface area contributed by atoms with Crippen molar-refractivity contribution in [3.05, 3.63) is 0 Å². The quantitative estimate of drug-likeness (QED) is 0.0222. The summed E-state index contributed by atoms with van der Waals surface area (Å²) in [5.41, 5.74) is 0. The Kier molecular flexibility index (Phi) is 65.5. The highest BCUT2D eigenvalue weighted by Gasteiger charge is 2.30. The molecule has 17 nitrogen and oxygen atoms in total. The van der Waals surface area contributed by atoms with Crippen molar-refractivity contribution in [2.75, 3.05) is 39.6 Å². The van der Waals surface area contributed by atoms with Gasteiger partial charge in [0.05, 0.1) is 26.4 Å². The molecular formula is C75H146O17P2. The van der Waals surface area contributed by atoms with Crippen LogP contribution >= 0.6 is 15.6 Å². The van der Waals surface area contributed by atoms with Crippen LogP contribution in [0, 0.1) is 11.8 Å². The molecule has 0 aliphatic rings. The van der Waals surface area contributed by atoms with E-state index < -0.39 is 97.5 Å². The minimum absolute atomic E-state index is 0.103. The Hall–Kier alpha value is -1.94. The number of aliphatic hydroxyl groups excluding tert-OH is 1. The third kappa shape index (κ3) is 68.6. The summed E-state index contributed by atoms with van der Waals surface area (Å²) in [6, 6.07) is 0. The lowest BCUT2D eigenvalue weighted by Crippen LogP contribution is -2.30. The number of hydrogen-bond acceptors (Lipinski definition) is 15. The molecule has 0 bridgehead atoms. The first-order valence-electron chi connectivity index (χ1n) is 39.0. The van der Waals surface area contributed by atoms with E-state index in [2.05, 4.69) is 41.5 Å². The maximum atomic E-state index is 13.1. The summed E-state index contributed by atoms with van der Waals surface area (Å²) in [7, 11) is -9.90. The van der Waals surface area contributed by atoms with E-state index in [0.717, 1.165) is 102 Å². The minimum atomic E-state index is -4.96. The summed E-state index contributed by atoms with van der Waals surface area (Å²) in [5.74, 6) is -0.646. The minimum Gasteiger partial charge on any atom is -0.462 e. The molecule has 0 aromatic heterocycles. The molecule has 19 heteroatoms. The zero-order valence-electron chi connectivity index (χ0n) is 61.3. The van der Waals surface area contributed by atoms with Crippen molar-refractivity contribution in [1.29, 1.82) is 0 Å². The summed E-state index contributed by atoms with van der Waals surface area (Å²) in [4.78, 5) is 72.6. The van der Waals surface area contributed by atoms with E-state index in [4.69, 9.17) is 37.0 Å². The fourth-order valence-corrected chi connectivity index (χ4v) is 13.1. The van der Waals surface area contributed by atoms with E-state index in [1.165, 1.54) is 199 Å². The third-order valence-corrected chi connectivity index (χ3v) is 19.4. The topological polar surface area (TPSA) is 237 Å². The number of unbranched alkanes of at least 4 members (excludes halogenated alkanes) is 44. The van der Waals surface area contributed by atoms with E-state index in [9.17, 15) is 43.2 Å². The molecule has 2 unspecified atom stereocenters. The van der Waals surface area contributed by atoms with Gasteiger partial charge in [-0.2, -0.15) is 0 Å². The van der Waals surface area contributed by atoms with Gasteiger partial charge in [0.15, 0.2) is 12.2 Å². The molecule has 0 aliphatic heterocycles. The highest BCUT2D eigenvalue weighted by Crippen LogP contribution is 2.45. The van der Waals surface area contributed by atoms with Gasteiger partial charge in [-0.05, 0) is 37.5 Å². The van der Waals surface area contributed by atoms with Gasteiger partial charge >= 0.3 is 39.5 Å². The molecule has 5 atom stereocenters. The Balaban J connectivity index is 5.17. The third-order valence-electron chi connectivity index (χ3n) is 17.5. The van der Waals surface area contributed by atoms with Crippen LogP contribution in [0.4, 0.5) is 0 Å². The van der Waals surface area contributed by atoms with E-state index in [1.54, 1.807) is 0 Å². The first kappa shape index (κ1) is 92.1. The van der Waals surface area contributed by atoms with Crippen molar-refractivity contribution in [1.82, 2.24) is 0 Å². The second-order valence-electron chi connectivity index (χ2n) is 28.0. The molecule has 0 aliphatic carbocycles. The van der Waals surface area contributed by atoms with Crippen LogP contribution in [-0.4, -0.2) is 96.7 Å². The first-order valence-corrected chi connectivity index (χ1v) is 42.0. The van der Waals surface area contributed by atoms with Gasteiger partial charge in [-0.3, -0.25) is 37.3 Å². The van der Waals surface area contributed by atoms with Gasteiger partial charge < -0.3 is 33.8 Å². The Bertz CT molecular complexity index is 1820. The average Bonchev–Trinajstić information content (AvgIpc) is 1.70. The molecule has 0 saturated carbocycles. The van der Waals surface area contributed by atoms with Gasteiger partial charge in [0.2, 0.25) is 0 Å². The summed E-state index contributed by atoms with van der Waals surface area (Å²) in [5, 5.41) is 10.6. The number of phosphoric acid groups is 2. The lowest BCUT2D eigenvalue weighted by Gasteiger charge is -2.21. The van der Waals surface area contributed by atoms with Crippen LogP contribution in [0.2, 0.25) is 0 Å². The lowest BCUT2D eigenvalue weighted by atomic mass is 10.0. The summed E-state index contributed by atoms with van der Waals surface area (Å²) in [6.45, 7) is 9.50. The lowest BCUT2D eigenvalue weighted by molar-refractivity contribution is -0.161. The number of ether oxygens (including phenoxy) is 4. The van der Waals surface area contributed by atoms with E-state index in [-0.39, 0.29) is 25.7 Å². The predicted molar refractivity (Wildman–Crippen MR) is 381 cm³/mol. The number of aliphatic hydroxyl groups is 1. The van der Waals surface area contributed by atoms with Gasteiger partial charge in [0.25, 0.3) is 0 Å². The largest absolute Gasteiger partial charge is 0.472 e. The van der Waals surface area contributed by atoms with Crippen LogP contribution in [0.1, 0.15) is 388 Å². The smallest absolute Gasteiger partial charge is 0.462 e. The van der Waals surface area contributed by atoms with Crippen molar-refractivity contribution in [3.63, 3.8) is 0 Å². The SMILES string of the molecule is CCCCCCCCCCCCCCCCCCCCCCCC(=O)O[C@H](COC(=O)CCCCCCCCCCCCCCC(C)C)COP(=O)(O)OC[C@@H](O)COP(=O)(O)OC[C@@H](COC(=O)CCCCCCCCCC)OC(=O)CCCCCCCCCC(C)C. The fourth-order valence-electron chi connectivity index (χ4n) is 11.5. The molecule has 0 fully saturated rings. The summed E-state index contributed by atoms with van der Waals surface area (Å²) in [6.07, 6.45) is 54.4. The van der Waals surface area contributed by atoms with E-state index in [0.29, 0.717) is 31.6 Å². The molecule has 3 N–H and O–H groups in total. The first-order chi connectivity index (χ1) is 45.4. The summed E-state index contributed by atoms with van der Waals surface area (Å²) < 4.78 is 68.4. The van der Waals surface area contributed by atoms with Crippen molar-refractivity contribution in [2.45, 2.75) is 407 Å². The summed E-state index contributed by atoms with van der Waals surface area (Å²) >= 11 is 0. The highest BCUT2D eigenvalue weighted by atomic mass is 31.2. The molecule has 0 aromatic rings. The average molecular weight is 1380 g/mol. The number of esters is 4. The number of phosphoric ester groups is 2. The maximum Gasteiger partial charge on any atom is 0.472 e. The Morgan fingerprint density at radius 1 is 0.287 bits per heavy atom. The molecule has 0 rings (SSSR count). The number of rotatable bonds is 74. The van der Waals surface area contributed by atoms with Crippen LogP contribution in [0.5, 0.6) is 0 Å². The molecule has 0 aromatic carbocycles. The molecule has 0 radical (unpaired) electrons. The molecule has 0 heterocycles. The standard InChI is InChI=1S/C75H146O17P2/c1-7-9-11-13-15-17-18-19-20-21-22-23-24-25-26-27-32-35-41-47-53-59-74(79)91-70(64-86-73(78)58-52-46-40-34-31-29-28-30-33-37-43-49-55-67(3)4)65-89-93(81,82)87-61-69(76)62-88-94(83,84)90-66-71(63-85-72(77)57-51-45-39-16-14-12-10-8-2)92-75(80)60-54-48-42-36-38-44-50-56-68(5)6/h67-71,76H,7-66H2,1-6H3,(H,81,82)(H,83,84)/t69-,70-,71-/m1/s1. The Labute approximate surface area is 575 Å². The number of hydrogen-bond donors (Lipinski definition) is 3. The molecule has 0 saturated heterocycles. The molecule has 0 amide bonds. The fraction of sp³-hybridized carbons (Fsp3) is 0.947. The molecule has 94 heavy (non-hydrogen) atoms. The van der Waals surface area contributed by atoms with Gasteiger partial charge in [0.1, 0.15) is 19.3 Å². The zero-order chi connectivity index (χ0) is 69.3. The normalized spacial score (nSPS) is 14.0.